The van der Waals surface area contributed by atoms with E-state index in [1.807, 2.05) is 12.1 Å². The Kier molecular flexibility index (Phi) is 9.30. The zero-order chi connectivity index (χ0) is 20.0. The molecule has 2 N–H and O–H groups in total. The Balaban J connectivity index is 1.46. The van der Waals surface area contributed by atoms with Crippen molar-refractivity contribution in [3.05, 3.63) is 60.2 Å². The molecule has 5 heteroatoms. The fourth-order valence-corrected chi connectivity index (χ4v) is 2.82. The summed E-state index contributed by atoms with van der Waals surface area (Å²) in [5.41, 5.74) is 2.10. The lowest BCUT2D eigenvalue weighted by Crippen LogP contribution is -2.11. The summed E-state index contributed by atoms with van der Waals surface area (Å²) >= 11 is 0. The third-order valence-electron chi connectivity index (χ3n) is 4.36. The minimum atomic E-state index is -0.000101. The Labute approximate surface area is 166 Å². The fraction of sp³-hybridized carbons (Fsp3) is 0.348. The zero-order valence-electron chi connectivity index (χ0n) is 16.0. The number of unbranched alkanes of at least 4 members (excludes halogenated alkanes) is 5. The fourth-order valence-electron chi connectivity index (χ4n) is 2.82. The molecule has 28 heavy (non-hydrogen) atoms. The Morgan fingerprint density at radius 2 is 1.21 bits per heavy atom. The molecule has 0 saturated carbocycles. The Bertz CT molecular complexity index is 780. The molecule has 2 rings (SSSR count). The third kappa shape index (κ3) is 8.50. The van der Waals surface area contributed by atoms with Gasteiger partial charge >= 0.3 is 0 Å². The maximum absolute atomic E-state index is 11.9. The number of nitrogens with one attached hydrogen (secondary N) is 2. The van der Waals surface area contributed by atoms with Crippen LogP contribution in [-0.2, 0) is 9.59 Å². The minimum Gasteiger partial charge on any atom is -0.326 e. The molecule has 0 bridgehead atoms. The molecule has 0 aliphatic carbocycles. The molecule has 0 spiro atoms. The van der Waals surface area contributed by atoms with Gasteiger partial charge in [0.25, 0.3) is 0 Å². The molecule has 0 aliphatic heterocycles. The van der Waals surface area contributed by atoms with Crippen molar-refractivity contribution in [1.29, 1.82) is 5.26 Å². The lowest BCUT2D eigenvalue weighted by Gasteiger charge is -2.06. The highest BCUT2D eigenvalue weighted by Crippen LogP contribution is 2.12. The molecule has 0 aromatic heterocycles. The topological polar surface area (TPSA) is 82.0 Å². The van der Waals surface area contributed by atoms with E-state index >= 15 is 0 Å². The molecule has 5 nitrogen and oxygen atoms in total. The smallest absolute Gasteiger partial charge is 0.224 e. The van der Waals surface area contributed by atoms with Crippen LogP contribution in [0.1, 0.15) is 56.9 Å². The third-order valence-corrected chi connectivity index (χ3v) is 4.36. The first-order chi connectivity index (χ1) is 13.7. The summed E-state index contributed by atoms with van der Waals surface area (Å²) in [6.45, 7) is 0. The van der Waals surface area contributed by atoms with E-state index in [2.05, 4.69) is 22.8 Å². The summed E-state index contributed by atoms with van der Waals surface area (Å²) in [7, 11) is 0. The minimum absolute atomic E-state index is 0.000101. The first-order valence-corrected chi connectivity index (χ1v) is 9.73. The second kappa shape index (κ2) is 12.3. The van der Waals surface area contributed by atoms with Crippen molar-refractivity contribution in [2.75, 3.05) is 10.6 Å². The summed E-state index contributed by atoms with van der Waals surface area (Å²) < 4.78 is 0. The number of anilines is 2. The molecular weight excluding hydrogens is 350 g/mol. The van der Waals surface area contributed by atoms with Gasteiger partial charge < -0.3 is 10.6 Å². The molecule has 0 atom stereocenters. The summed E-state index contributed by atoms with van der Waals surface area (Å²) in [5.74, 6) is 0.0468. The van der Waals surface area contributed by atoms with Crippen molar-refractivity contribution >= 4 is 23.2 Å². The van der Waals surface area contributed by atoms with Crippen molar-refractivity contribution < 1.29 is 9.59 Å². The molecule has 0 fully saturated rings. The largest absolute Gasteiger partial charge is 0.326 e. The van der Waals surface area contributed by atoms with Crippen LogP contribution < -0.4 is 10.6 Å². The van der Waals surface area contributed by atoms with Crippen LogP contribution in [0.25, 0.3) is 0 Å². The molecule has 1 radical (unpaired) electrons. The van der Waals surface area contributed by atoms with Gasteiger partial charge in [0.1, 0.15) is 0 Å². The first-order valence-electron chi connectivity index (χ1n) is 9.73. The predicted molar refractivity (Wildman–Crippen MR) is 111 cm³/mol. The molecule has 0 unspecified atom stereocenters. The van der Waals surface area contributed by atoms with Crippen molar-refractivity contribution in [3.8, 4) is 6.07 Å². The highest BCUT2D eigenvalue weighted by molar-refractivity contribution is 5.91. The lowest BCUT2D eigenvalue weighted by atomic mass is 10.1. The number of rotatable bonds is 11. The van der Waals surface area contributed by atoms with Crippen molar-refractivity contribution in [2.24, 2.45) is 0 Å². The summed E-state index contributed by atoms with van der Waals surface area (Å²) in [4.78, 5) is 23.7. The van der Waals surface area contributed by atoms with E-state index in [0.29, 0.717) is 18.4 Å². The first kappa shape index (κ1) is 21.2. The SMILES string of the molecule is N#Cc1ccc(NC(=O)CCCCCCCCC(=O)Nc2cc[c]cc2)cc1. The van der Waals surface area contributed by atoms with Gasteiger partial charge in [-0.2, -0.15) is 5.26 Å². The van der Waals surface area contributed by atoms with Gasteiger partial charge in [0.15, 0.2) is 0 Å². The zero-order valence-corrected chi connectivity index (χ0v) is 16.0. The van der Waals surface area contributed by atoms with Crippen molar-refractivity contribution in [1.82, 2.24) is 0 Å². The van der Waals surface area contributed by atoms with E-state index in [4.69, 9.17) is 5.26 Å². The van der Waals surface area contributed by atoms with E-state index in [9.17, 15) is 9.59 Å². The Morgan fingerprint density at radius 1 is 0.750 bits per heavy atom. The normalized spacial score (nSPS) is 10.1. The molecule has 0 aliphatic rings. The van der Waals surface area contributed by atoms with Crippen molar-refractivity contribution in [2.45, 2.75) is 51.4 Å². The lowest BCUT2D eigenvalue weighted by molar-refractivity contribution is -0.117. The van der Waals surface area contributed by atoms with Gasteiger partial charge in [-0.05, 0) is 55.3 Å². The molecule has 2 aromatic carbocycles. The van der Waals surface area contributed by atoms with Gasteiger partial charge in [-0.1, -0.05) is 37.8 Å². The van der Waals surface area contributed by atoms with Gasteiger partial charge in [-0.15, -0.1) is 0 Å². The number of carbonyl (C=O) groups is 2. The van der Waals surface area contributed by atoms with Gasteiger partial charge in [0.2, 0.25) is 11.8 Å². The summed E-state index contributed by atoms with van der Waals surface area (Å²) in [5, 5.41) is 14.5. The maximum atomic E-state index is 11.9. The standard InChI is InChI=1S/C23H26N3O2/c24-18-19-14-16-21(17-15-19)26-23(28)13-9-4-2-1-3-8-12-22(27)25-20-10-6-5-7-11-20/h6-7,10-11,14-17H,1-4,8-9,12-13H2,(H,25,27)(H,26,28). The number of benzene rings is 2. The second-order valence-electron chi connectivity index (χ2n) is 6.70. The van der Waals surface area contributed by atoms with Gasteiger partial charge in [0.05, 0.1) is 11.6 Å². The van der Waals surface area contributed by atoms with E-state index in [-0.39, 0.29) is 11.8 Å². The number of hydrogen-bond acceptors (Lipinski definition) is 3. The Hall–Kier alpha value is -3.13. The van der Waals surface area contributed by atoms with Crippen LogP contribution in [0.2, 0.25) is 0 Å². The number of hydrogen-bond donors (Lipinski definition) is 2. The van der Waals surface area contributed by atoms with E-state index in [1.54, 1.807) is 36.4 Å². The van der Waals surface area contributed by atoms with Crippen LogP contribution in [0.5, 0.6) is 0 Å². The number of amides is 2. The van der Waals surface area contributed by atoms with Crippen LogP contribution in [0.3, 0.4) is 0 Å². The molecule has 2 amide bonds. The van der Waals surface area contributed by atoms with E-state index in [0.717, 1.165) is 49.9 Å². The average Bonchev–Trinajstić information content (AvgIpc) is 2.71. The van der Waals surface area contributed by atoms with Crippen molar-refractivity contribution in [3.63, 3.8) is 0 Å². The van der Waals surface area contributed by atoms with E-state index < -0.39 is 0 Å². The predicted octanol–water partition coefficient (Wildman–Crippen LogP) is 5.06. The summed E-state index contributed by atoms with van der Waals surface area (Å²) in [6, 6.07) is 19.0. The van der Waals surface area contributed by atoms with Crippen LogP contribution in [0.15, 0.2) is 48.5 Å². The monoisotopic (exact) mass is 376 g/mol. The van der Waals surface area contributed by atoms with Gasteiger partial charge in [-0.25, -0.2) is 0 Å². The number of nitriles is 1. The molecule has 0 saturated heterocycles. The van der Waals surface area contributed by atoms with Gasteiger partial charge in [-0.3, -0.25) is 9.59 Å². The van der Waals surface area contributed by atoms with Crippen LogP contribution >= 0.6 is 0 Å². The molecular formula is C23H26N3O2. The second-order valence-corrected chi connectivity index (χ2v) is 6.70. The van der Waals surface area contributed by atoms with Gasteiger partial charge in [0, 0.05) is 24.2 Å². The molecule has 2 aromatic rings. The highest BCUT2D eigenvalue weighted by atomic mass is 16.2. The van der Waals surface area contributed by atoms with E-state index in [1.165, 1.54) is 0 Å². The van der Waals surface area contributed by atoms with Crippen LogP contribution in [-0.4, -0.2) is 11.8 Å². The maximum Gasteiger partial charge on any atom is 0.224 e. The Morgan fingerprint density at radius 3 is 1.71 bits per heavy atom. The number of nitrogens with zero attached hydrogens (tertiary/aromatic N) is 1. The average molecular weight is 376 g/mol. The molecule has 0 heterocycles. The molecule has 145 valence electrons. The van der Waals surface area contributed by atoms with Crippen LogP contribution in [0.4, 0.5) is 11.4 Å². The summed E-state index contributed by atoms with van der Waals surface area (Å²) in [6.07, 6.45) is 6.94. The highest BCUT2D eigenvalue weighted by Gasteiger charge is 2.04. The van der Waals surface area contributed by atoms with Crippen LogP contribution in [0, 0.1) is 17.4 Å². The quantitative estimate of drug-likeness (QED) is 0.538. The number of carbonyl (C=O) groups excluding carboxylic acids is 2.